The van der Waals surface area contributed by atoms with Crippen molar-refractivity contribution in [1.29, 1.82) is 0 Å². The molecule has 3 atom stereocenters. The van der Waals surface area contributed by atoms with Gasteiger partial charge in [-0.05, 0) is 41.7 Å². The molecule has 0 aliphatic heterocycles. The molecule has 0 amide bonds. The Kier molecular flexibility index (Phi) is 4.49. The number of halogens is 2. The molecule has 0 spiro atoms. The smallest absolute Gasteiger partial charge is 0.0629 e. The molecule has 0 radical (unpaired) electrons. The predicted molar refractivity (Wildman–Crippen MR) is 82.0 cm³/mol. The molecule has 1 aromatic carbocycles. The highest BCUT2D eigenvalue weighted by Crippen LogP contribution is 2.45. The summed E-state index contributed by atoms with van der Waals surface area (Å²) in [6.07, 6.45) is 2.84. The van der Waals surface area contributed by atoms with Gasteiger partial charge in [0, 0.05) is 0 Å². The summed E-state index contributed by atoms with van der Waals surface area (Å²) in [5.41, 5.74) is 0.877. The second-order valence-corrected chi connectivity index (χ2v) is 7.20. The summed E-state index contributed by atoms with van der Waals surface area (Å²) in [6.45, 7) is 6.53. The Morgan fingerprint density at radius 1 is 1.21 bits per heavy atom. The fraction of sp³-hybridized carbons (Fsp3) is 0.625. The van der Waals surface area contributed by atoms with Gasteiger partial charge in [-0.15, -0.1) is 0 Å². The lowest BCUT2D eigenvalue weighted by atomic mass is 9.64. The maximum atomic E-state index is 10.4. The van der Waals surface area contributed by atoms with Crippen LogP contribution >= 0.6 is 23.2 Å². The van der Waals surface area contributed by atoms with Gasteiger partial charge in [0.25, 0.3) is 0 Å². The zero-order chi connectivity index (χ0) is 14.2. The molecule has 0 bridgehead atoms. The van der Waals surface area contributed by atoms with Crippen molar-refractivity contribution in [2.45, 2.75) is 51.6 Å². The van der Waals surface area contributed by atoms with Crippen molar-refractivity contribution in [3.05, 3.63) is 33.8 Å². The molecular formula is C16H22Cl2O. The van der Waals surface area contributed by atoms with Gasteiger partial charge in [-0.1, -0.05) is 62.5 Å². The first-order valence-corrected chi connectivity index (χ1v) is 7.72. The number of hydrogen-bond donors (Lipinski definition) is 1. The number of rotatable bonds is 2. The van der Waals surface area contributed by atoms with Gasteiger partial charge in [0.1, 0.15) is 0 Å². The first-order valence-electron chi connectivity index (χ1n) is 6.96. The maximum absolute atomic E-state index is 10.4. The fourth-order valence-corrected chi connectivity index (χ4v) is 3.94. The molecule has 1 nitrogen and oxygen atoms in total. The van der Waals surface area contributed by atoms with E-state index in [-0.39, 0.29) is 17.4 Å². The van der Waals surface area contributed by atoms with Crippen LogP contribution in [0, 0.1) is 11.8 Å². The SMILES string of the molecule is CC1CCC(C(C)(C)c2cccc(Cl)c2Cl)C(O)C1. The Morgan fingerprint density at radius 3 is 2.53 bits per heavy atom. The zero-order valence-electron chi connectivity index (χ0n) is 11.8. The van der Waals surface area contributed by atoms with Crippen molar-refractivity contribution in [2.24, 2.45) is 11.8 Å². The van der Waals surface area contributed by atoms with Gasteiger partial charge in [-0.25, -0.2) is 0 Å². The van der Waals surface area contributed by atoms with Crippen molar-refractivity contribution in [3.63, 3.8) is 0 Å². The Hall–Kier alpha value is -0.240. The molecule has 1 aromatic rings. The van der Waals surface area contributed by atoms with Crippen molar-refractivity contribution >= 4 is 23.2 Å². The zero-order valence-corrected chi connectivity index (χ0v) is 13.3. The summed E-state index contributed by atoms with van der Waals surface area (Å²) in [5, 5.41) is 11.6. The monoisotopic (exact) mass is 300 g/mol. The van der Waals surface area contributed by atoms with E-state index in [0.717, 1.165) is 18.4 Å². The standard InChI is InChI=1S/C16H22Cl2O/c1-10-7-8-11(14(19)9-10)16(2,3)12-5-4-6-13(17)15(12)18/h4-6,10-11,14,19H,7-9H2,1-3H3. The molecule has 1 saturated carbocycles. The highest BCUT2D eigenvalue weighted by Gasteiger charge is 2.40. The van der Waals surface area contributed by atoms with Gasteiger partial charge < -0.3 is 5.11 Å². The number of aliphatic hydroxyl groups is 1. The van der Waals surface area contributed by atoms with Crippen LogP contribution in [0.5, 0.6) is 0 Å². The molecule has 1 aliphatic rings. The lowest BCUT2D eigenvalue weighted by molar-refractivity contribution is 0.0144. The van der Waals surface area contributed by atoms with Crippen LogP contribution in [0.25, 0.3) is 0 Å². The second-order valence-electron chi connectivity index (χ2n) is 6.42. The van der Waals surface area contributed by atoms with E-state index in [9.17, 15) is 5.11 Å². The third kappa shape index (κ3) is 2.94. The van der Waals surface area contributed by atoms with Crippen LogP contribution in [0.4, 0.5) is 0 Å². The van der Waals surface area contributed by atoms with Crippen molar-refractivity contribution in [3.8, 4) is 0 Å². The summed E-state index contributed by atoms with van der Waals surface area (Å²) in [4.78, 5) is 0. The van der Waals surface area contributed by atoms with E-state index in [1.54, 1.807) is 0 Å². The summed E-state index contributed by atoms with van der Waals surface area (Å²) in [6, 6.07) is 5.77. The van der Waals surface area contributed by atoms with Crippen molar-refractivity contribution < 1.29 is 5.11 Å². The van der Waals surface area contributed by atoms with E-state index < -0.39 is 0 Å². The Balaban J connectivity index is 2.33. The minimum absolute atomic E-state index is 0.165. The molecular weight excluding hydrogens is 279 g/mol. The molecule has 2 rings (SSSR count). The van der Waals surface area contributed by atoms with E-state index in [1.807, 2.05) is 18.2 Å². The maximum Gasteiger partial charge on any atom is 0.0629 e. The van der Waals surface area contributed by atoms with Gasteiger partial charge in [0.2, 0.25) is 0 Å². The van der Waals surface area contributed by atoms with Crippen LogP contribution < -0.4 is 0 Å². The predicted octanol–water partition coefficient (Wildman–Crippen LogP) is 5.07. The van der Waals surface area contributed by atoms with E-state index in [2.05, 4.69) is 20.8 Å². The van der Waals surface area contributed by atoms with E-state index >= 15 is 0 Å². The first kappa shape index (κ1) is 15.2. The highest BCUT2D eigenvalue weighted by molar-refractivity contribution is 6.42. The molecule has 0 heterocycles. The van der Waals surface area contributed by atoms with E-state index in [1.165, 1.54) is 6.42 Å². The second kappa shape index (κ2) is 5.63. The van der Waals surface area contributed by atoms with Crippen LogP contribution in [-0.4, -0.2) is 11.2 Å². The molecule has 1 N–H and O–H groups in total. The Morgan fingerprint density at radius 2 is 1.89 bits per heavy atom. The van der Waals surface area contributed by atoms with Crippen LogP contribution in [0.1, 0.15) is 45.6 Å². The van der Waals surface area contributed by atoms with Crippen LogP contribution in [0.3, 0.4) is 0 Å². The Bertz CT molecular complexity index is 456. The molecule has 19 heavy (non-hydrogen) atoms. The summed E-state index contributed by atoms with van der Waals surface area (Å²) in [5.74, 6) is 0.844. The lowest BCUT2D eigenvalue weighted by Crippen LogP contribution is -2.41. The minimum Gasteiger partial charge on any atom is -0.393 e. The number of hydrogen-bond acceptors (Lipinski definition) is 1. The summed E-state index contributed by atoms with van der Waals surface area (Å²) in [7, 11) is 0. The largest absolute Gasteiger partial charge is 0.393 e. The van der Waals surface area contributed by atoms with E-state index in [4.69, 9.17) is 23.2 Å². The van der Waals surface area contributed by atoms with Crippen LogP contribution in [-0.2, 0) is 5.41 Å². The van der Waals surface area contributed by atoms with Gasteiger partial charge in [-0.3, -0.25) is 0 Å². The fourth-order valence-electron chi connectivity index (χ4n) is 3.39. The molecule has 0 aromatic heterocycles. The molecule has 3 heteroatoms. The van der Waals surface area contributed by atoms with Crippen molar-refractivity contribution in [2.75, 3.05) is 0 Å². The van der Waals surface area contributed by atoms with Crippen molar-refractivity contribution in [1.82, 2.24) is 0 Å². The van der Waals surface area contributed by atoms with Crippen LogP contribution in [0.2, 0.25) is 10.0 Å². The quantitative estimate of drug-likeness (QED) is 0.808. The normalized spacial score (nSPS) is 28.4. The minimum atomic E-state index is -0.256. The van der Waals surface area contributed by atoms with E-state index in [0.29, 0.717) is 16.0 Å². The number of benzene rings is 1. The highest BCUT2D eigenvalue weighted by atomic mass is 35.5. The lowest BCUT2D eigenvalue weighted by Gasteiger charge is -2.42. The summed E-state index contributed by atoms with van der Waals surface area (Å²) >= 11 is 12.5. The Labute approximate surface area is 125 Å². The number of aliphatic hydroxyl groups excluding tert-OH is 1. The van der Waals surface area contributed by atoms with Gasteiger partial charge in [0.15, 0.2) is 0 Å². The topological polar surface area (TPSA) is 20.2 Å². The molecule has 106 valence electrons. The summed E-state index contributed by atoms with van der Waals surface area (Å²) < 4.78 is 0. The average molecular weight is 301 g/mol. The van der Waals surface area contributed by atoms with Crippen LogP contribution in [0.15, 0.2) is 18.2 Å². The third-order valence-corrected chi connectivity index (χ3v) is 5.47. The average Bonchev–Trinajstić information content (AvgIpc) is 2.31. The van der Waals surface area contributed by atoms with Gasteiger partial charge in [0.05, 0.1) is 16.1 Å². The molecule has 3 unspecified atom stereocenters. The molecule has 1 aliphatic carbocycles. The molecule has 0 saturated heterocycles. The van der Waals surface area contributed by atoms with Gasteiger partial charge in [-0.2, -0.15) is 0 Å². The first-order chi connectivity index (χ1) is 8.84. The third-order valence-electron chi connectivity index (χ3n) is 4.65. The van der Waals surface area contributed by atoms with Gasteiger partial charge >= 0.3 is 0 Å². The molecule has 1 fully saturated rings.